The highest BCUT2D eigenvalue weighted by Crippen LogP contribution is 2.31. The summed E-state index contributed by atoms with van der Waals surface area (Å²) in [6.45, 7) is 10.3. The van der Waals surface area contributed by atoms with E-state index in [4.69, 9.17) is 0 Å². The van der Waals surface area contributed by atoms with Crippen LogP contribution in [0.5, 0.6) is 0 Å². The Bertz CT molecular complexity index is 400. The highest BCUT2D eigenvalue weighted by atomic mass is 15.0. The quantitative estimate of drug-likeness (QED) is 0.845. The lowest BCUT2D eigenvalue weighted by Crippen LogP contribution is -2.43. The van der Waals surface area contributed by atoms with Gasteiger partial charge in [-0.1, -0.05) is 32.0 Å². The third-order valence-electron chi connectivity index (χ3n) is 4.24. The molecule has 0 bridgehead atoms. The van der Waals surface area contributed by atoms with Crippen LogP contribution in [0, 0.1) is 19.8 Å². The van der Waals surface area contributed by atoms with Crippen molar-refractivity contribution in [2.45, 2.75) is 58.9 Å². The fourth-order valence-corrected chi connectivity index (χ4v) is 3.35. The van der Waals surface area contributed by atoms with Crippen LogP contribution in [0.2, 0.25) is 0 Å². The first kappa shape index (κ1) is 13.6. The van der Waals surface area contributed by atoms with E-state index in [9.17, 15) is 0 Å². The summed E-state index contributed by atoms with van der Waals surface area (Å²) in [5.74, 6) is 0.766. The summed E-state index contributed by atoms with van der Waals surface area (Å²) >= 11 is 0. The molecule has 1 aliphatic heterocycles. The van der Waals surface area contributed by atoms with Crippen molar-refractivity contribution in [1.29, 1.82) is 0 Å². The van der Waals surface area contributed by atoms with E-state index in [1.54, 1.807) is 0 Å². The largest absolute Gasteiger partial charge is 0.311 e. The maximum Gasteiger partial charge on any atom is 0.0224 e. The maximum absolute atomic E-state index is 3.78. The van der Waals surface area contributed by atoms with Gasteiger partial charge in [0.1, 0.15) is 0 Å². The van der Waals surface area contributed by atoms with Gasteiger partial charge >= 0.3 is 0 Å². The van der Waals surface area contributed by atoms with E-state index in [1.807, 2.05) is 0 Å². The van der Waals surface area contributed by atoms with Crippen LogP contribution in [0.25, 0.3) is 0 Å². The van der Waals surface area contributed by atoms with Gasteiger partial charge < -0.3 is 5.32 Å². The number of benzene rings is 1. The van der Waals surface area contributed by atoms with Crippen LogP contribution < -0.4 is 5.32 Å². The van der Waals surface area contributed by atoms with Crippen molar-refractivity contribution in [1.82, 2.24) is 5.32 Å². The molecule has 1 unspecified atom stereocenters. The van der Waals surface area contributed by atoms with Crippen LogP contribution in [0.1, 0.15) is 49.8 Å². The molecule has 0 amide bonds. The molecule has 18 heavy (non-hydrogen) atoms. The Morgan fingerprint density at radius 2 is 2.00 bits per heavy atom. The molecule has 1 saturated heterocycles. The molecule has 1 nitrogen and oxygen atoms in total. The Hall–Kier alpha value is -0.820. The van der Waals surface area contributed by atoms with Gasteiger partial charge in [0.25, 0.3) is 0 Å². The highest BCUT2D eigenvalue weighted by Gasteiger charge is 2.33. The van der Waals surface area contributed by atoms with Gasteiger partial charge in [-0.3, -0.25) is 0 Å². The maximum atomic E-state index is 3.78. The third-order valence-corrected chi connectivity index (χ3v) is 4.24. The zero-order chi connectivity index (χ0) is 13.2. The fourth-order valence-electron chi connectivity index (χ4n) is 3.35. The molecular formula is C17H27N. The summed E-state index contributed by atoms with van der Waals surface area (Å²) in [5.41, 5.74) is 4.67. The van der Waals surface area contributed by atoms with E-state index in [-0.39, 0.29) is 0 Å². The summed E-state index contributed by atoms with van der Waals surface area (Å²) < 4.78 is 0. The molecule has 1 aliphatic rings. The van der Waals surface area contributed by atoms with Crippen molar-refractivity contribution in [3.8, 4) is 0 Å². The van der Waals surface area contributed by atoms with Crippen LogP contribution in [0.15, 0.2) is 18.2 Å². The topological polar surface area (TPSA) is 12.0 Å². The molecule has 0 saturated carbocycles. The SMILES string of the molecule is Cc1ccc(CC2(CC(C)C)CCCN2)cc1C. The fraction of sp³-hybridized carbons (Fsp3) is 0.647. The molecule has 0 spiro atoms. The second-order valence-corrected chi connectivity index (χ2v) is 6.50. The molecule has 2 rings (SSSR count). The molecule has 1 heterocycles. The summed E-state index contributed by atoms with van der Waals surface area (Å²) in [6, 6.07) is 6.95. The Kier molecular flexibility index (Phi) is 4.11. The van der Waals surface area contributed by atoms with E-state index < -0.39 is 0 Å². The Labute approximate surface area is 112 Å². The molecular weight excluding hydrogens is 218 g/mol. The average Bonchev–Trinajstić information content (AvgIpc) is 2.71. The normalized spacial score (nSPS) is 23.8. The highest BCUT2D eigenvalue weighted by molar-refractivity contribution is 5.31. The van der Waals surface area contributed by atoms with Crippen LogP contribution in [-0.2, 0) is 6.42 Å². The van der Waals surface area contributed by atoms with Gasteiger partial charge in [-0.25, -0.2) is 0 Å². The molecule has 0 aromatic heterocycles. The molecule has 1 aromatic rings. The smallest absolute Gasteiger partial charge is 0.0224 e. The van der Waals surface area contributed by atoms with Crippen molar-refractivity contribution >= 4 is 0 Å². The van der Waals surface area contributed by atoms with E-state index >= 15 is 0 Å². The second kappa shape index (κ2) is 5.44. The average molecular weight is 245 g/mol. The van der Waals surface area contributed by atoms with Crippen LogP contribution >= 0.6 is 0 Å². The molecule has 1 fully saturated rings. The summed E-state index contributed by atoms with van der Waals surface area (Å²) in [5, 5.41) is 3.78. The number of rotatable bonds is 4. The van der Waals surface area contributed by atoms with Crippen molar-refractivity contribution in [2.24, 2.45) is 5.92 Å². The first-order valence-electron chi connectivity index (χ1n) is 7.32. The van der Waals surface area contributed by atoms with Crippen molar-refractivity contribution in [2.75, 3.05) is 6.54 Å². The van der Waals surface area contributed by atoms with Crippen molar-refractivity contribution < 1.29 is 0 Å². The van der Waals surface area contributed by atoms with Crippen LogP contribution in [0.4, 0.5) is 0 Å². The van der Waals surface area contributed by atoms with E-state index in [0.717, 1.165) is 5.92 Å². The van der Waals surface area contributed by atoms with E-state index in [1.165, 1.54) is 48.9 Å². The van der Waals surface area contributed by atoms with Crippen LogP contribution in [0.3, 0.4) is 0 Å². The first-order valence-corrected chi connectivity index (χ1v) is 7.32. The van der Waals surface area contributed by atoms with E-state index in [2.05, 4.69) is 51.2 Å². The lowest BCUT2D eigenvalue weighted by molar-refractivity contribution is 0.301. The zero-order valence-electron chi connectivity index (χ0n) is 12.3. The first-order chi connectivity index (χ1) is 8.51. The van der Waals surface area contributed by atoms with Gasteiger partial charge in [0.05, 0.1) is 0 Å². The minimum absolute atomic E-state index is 0.357. The zero-order valence-corrected chi connectivity index (χ0v) is 12.3. The van der Waals surface area contributed by atoms with Gasteiger partial charge in [-0.2, -0.15) is 0 Å². The van der Waals surface area contributed by atoms with Crippen molar-refractivity contribution in [3.05, 3.63) is 34.9 Å². The number of nitrogens with one attached hydrogen (secondary N) is 1. The molecule has 0 radical (unpaired) electrons. The van der Waals surface area contributed by atoms with Crippen molar-refractivity contribution in [3.63, 3.8) is 0 Å². The van der Waals surface area contributed by atoms with E-state index in [0.29, 0.717) is 5.54 Å². The molecule has 100 valence electrons. The predicted molar refractivity (Wildman–Crippen MR) is 79.0 cm³/mol. The van der Waals surface area contributed by atoms with Gasteiger partial charge in [-0.15, -0.1) is 0 Å². The number of hydrogen-bond donors (Lipinski definition) is 1. The third kappa shape index (κ3) is 3.14. The summed E-state index contributed by atoms with van der Waals surface area (Å²) in [4.78, 5) is 0. The van der Waals surface area contributed by atoms with Gasteiger partial charge in [-0.05, 0) is 68.7 Å². The van der Waals surface area contributed by atoms with Crippen LogP contribution in [-0.4, -0.2) is 12.1 Å². The number of hydrogen-bond acceptors (Lipinski definition) is 1. The van der Waals surface area contributed by atoms with Gasteiger partial charge in [0, 0.05) is 5.54 Å². The van der Waals surface area contributed by atoms with Gasteiger partial charge in [0.15, 0.2) is 0 Å². The Morgan fingerprint density at radius 1 is 1.22 bits per heavy atom. The Balaban J connectivity index is 2.15. The number of aryl methyl sites for hydroxylation is 2. The second-order valence-electron chi connectivity index (χ2n) is 6.50. The molecule has 1 heteroatoms. The molecule has 1 N–H and O–H groups in total. The molecule has 1 atom stereocenters. The minimum Gasteiger partial charge on any atom is -0.311 e. The minimum atomic E-state index is 0.357. The standard InChI is InChI=1S/C17H27N/c1-13(2)11-17(8-5-9-18-17)12-16-7-6-14(3)15(4)10-16/h6-7,10,13,18H,5,8-9,11-12H2,1-4H3. The lowest BCUT2D eigenvalue weighted by Gasteiger charge is -2.32. The summed E-state index contributed by atoms with van der Waals surface area (Å²) in [7, 11) is 0. The molecule has 0 aliphatic carbocycles. The predicted octanol–water partition coefficient (Wildman–Crippen LogP) is 4.01. The molecule has 1 aromatic carbocycles. The monoisotopic (exact) mass is 245 g/mol. The summed E-state index contributed by atoms with van der Waals surface area (Å²) in [6.07, 6.45) is 5.14. The van der Waals surface area contributed by atoms with Gasteiger partial charge in [0.2, 0.25) is 0 Å². The Morgan fingerprint density at radius 3 is 2.56 bits per heavy atom. The lowest BCUT2D eigenvalue weighted by atomic mass is 9.82.